The maximum Gasteiger partial charge on any atom is 0.236 e. The number of thiophene rings is 1. The molecule has 0 bridgehead atoms. The Labute approximate surface area is 99.8 Å². The molecule has 0 saturated heterocycles. The maximum absolute atomic E-state index is 11.2. The fourth-order valence-electron chi connectivity index (χ4n) is 1.58. The van der Waals surface area contributed by atoms with Crippen LogP contribution in [0.5, 0.6) is 0 Å². The Bertz CT molecular complexity index is 352. The van der Waals surface area contributed by atoms with Crippen molar-refractivity contribution in [3.8, 4) is 0 Å². The molecule has 2 unspecified atom stereocenters. The summed E-state index contributed by atoms with van der Waals surface area (Å²) in [5.41, 5.74) is 6.51. The van der Waals surface area contributed by atoms with Crippen LogP contribution < -0.4 is 11.1 Å². The van der Waals surface area contributed by atoms with E-state index < -0.39 is 6.04 Å². The van der Waals surface area contributed by atoms with Crippen molar-refractivity contribution in [2.45, 2.75) is 25.9 Å². The molecule has 0 fully saturated rings. The maximum atomic E-state index is 11.2. The first kappa shape index (κ1) is 13.2. The molecule has 5 heteroatoms. The van der Waals surface area contributed by atoms with E-state index in [2.05, 4.69) is 18.3 Å². The Morgan fingerprint density at radius 1 is 1.69 bits per heavy atom. The number of aryl methyl sites for hydroxylation is 1. The smallest absolute Gasteiger partial charge is 0.236 e. The molecule has 1 aromatic heterocycles. The molecule has 1 rings (SSSR count). The highest BCUT2D eigenvalue weighted by Gasteiger charge is 2.19. The molecule has 2 atom stereocenters. The number of primary amides is 1. The van der Waals surface area contributed by atoms with Gasteiger partial charge in [-0.1, -0.05) is 0 Å². The van der Waals surface area contributed by atoms with E-state index in [1.807, 2.05) is 12.3 Å². The topological polar surface area (TPSA) is 64.3 Å². The Balaban J connectivity index is 2.65. The van der Waals surface area contributed by atoms with Gasteiger partial charge < -0.3 is 10.5 Å². The van der Waals surface area contributed by atoms with E-state index in [4.69, 9.17) is 10.5 Å². The standard InChI is InChI=1S/C11H18N2O2S/c1-7-4-5-16-10(7)8(2)13-9(6-15-3)11(12)14/h4-5,8-9,13H,6H2,1-3H3,(H2,12,14). The summed E-state index contributed by atoms with van der Waals surface area (Å²) in [5, 5.41) is 5.21. The van der Waals surface area contributed by atoms with Crippen LogP contribution in [0.1, 0.15) is 23.4 Å². The fourth-order valence-corrected chi connectivity index (χ4v) is 2.53. The lowest BCUT2D eigenvalue weighted by atomic mass is 10.1. The molecule has 16 heavy (non-hydrogen) atoms. The van der Waals surface area contributed by atoms with E-state index in [-0.39, 0.29) is 11.9 Å². The zero-order chi connectivity index (χ0) is 12.1. The molecule has 0 spiro atoms. The second-order valence-electron chi connectivity index (χ2n) is 3.77. The van der Waals surface area contributed by atoms with Crippen LogP contribution in [-0.2, 0) is 9.53 Å². The summed E-state index contributed by atoms with van der Waals surface area (Å²) in [6.07, 6.45) is 0. The van der Waals surface area contributed by atoms with Crippen molar-refractivity contribution in [2.24, 2.45) is 5.73 Å². The highest BCUT2D eigenvalue weighted by molar-refractivity contribution is 7.10. The molecule has 0 saturated carbocycles. The lowest BCUT2D eigenvalue weighted by Crippen LogP contribution is -2.45. The number of rotatable bonds is 6. The van der Waals surface area contributed by atoms with Gasteiger partial charge in [-0.05, 0) is 30.9 Å². The third-order valence-electron chi connectivity index (χ3n) is 2.42. The molecule has 1 aromatic rings. The number of carbonyl (C=O) groups is 1. The third kappa shape index (κ3) is 3.30. The zero-order valence-corrected chi connectivity index (χ0v) is 10.6. The molecule has 90 valence electrons. The minimum absolute atomic E-state index is 0.104. The molecule has 0 aromatic carbocycles. The number of hydrogen-bond donors (Lipinski definition) is 2. The van der Waals surface area contributed by atoms with Gasteiger partial charge in [-0.25, -0.2) is 0 Å². The van der Waals surface area contributed by atoms with Crippen molar-refractivity contribution < 1.29 is 9.53 Å². The van der Waals surface area contributed by atoms with Crippen LogP contribution in [0, 0.1) is 6.92 Å². The van der Waals surface area contributed by atoms with Gasteiger partial charge in [-0.2, -0.15) is 0 Å². The van der Waals surface area contributed by atoms with Gasteiger partial charge in [0.2, 0.25) is 5.91 Å². The average molecular weight is 242 g/mol. The summed E-state index contributed by atoms with van der Waals surface area (Å²) < 4.78 is 4.95. The average Bonchev–Trinajstić information content (AvgIpc) is 2.63. The Hall–Kier alpha value is -0.910. The Kier molecular flexibility index (Phi) is 4.92. The molecule has 0 aliphatic rings. The molecule has 1 amide bonds. The number of carbonyl (C=O) groups excluding carboxylic acids is 1. The third-order valence-corrected chi connectivity index (χ3v) is 3.62. The van der Waals surface area contributed by atoms with E-state index in [0.29, 0.717) is 6.61 Å². The Morgan fingerprint density at radius 3 is 2.81 bits per heavy atom. The van der Waals surface area contributed by atoms with Gasteiger partial charge in [-0.15, -0.1) is 11.3 Å². The molecule has 0 radical (unpaired) electrons. The van der Waals surface area contributed by atoms with Crippen molar-refractivity contribution in [3.63, 3.8) is 0 Å². The largest absolute Gasteiger partial charge is 0.383 e. The Morgan fingerprint density at radius 2 is 2.38 bits per heavy atom. The van der Waals surface area contributed by atoms with Crippen LogP contribution in [0.2, 0.25) is 0 Å². The molecule has 3 N–H and O–H groups in total. The molecular formula is C11H18N2O2S. The summed E-state index contributed by atoms with van der Waals surface area (Å²) in [4.78, 5) is 12.4. The van der Waals surface area contributed by atoms with Crippen LogP contribution in [0.3, 0.4) is 0 Å². The molecule has 1 heterocycles. The molecule has 4 nitrogen and oxygen atoms in total. The van der Waals surface area contributed by atoms with E-state index in [0.717, 1.165) is 0 Å². The number of methoxy groups -OCH3 is 1. The fraction of sp³-hybridized carbons (Fsp3) is 0.545. The molecule has 0 aliphatic carbocycles. The van der Waals surface area contributed by atoms with Gasteiger partial charge in [0.25, 0.3) is 0 Å². The number of amides is 1. The number of nitrogens with two attached hydrogens (primary N) is 1. The van der Waals surface area contributed by atoms with E-state index in [1.54, 1.807) is 18.4 Å². The second-order valence-corrected chi connectivity index (χ2v) is 4.71. The number of ether oxygens (including phenoxy) is 1. The van der Waals surface area contributed by atoms with E-state index in [9.17, 15) is 4.79 Å². The highest BCUT2D eigenvalue weighted by atomic mass is 32.1. The lowest BCUT2D eigenvalue weighted by Gasteiger charge is -2.20. The van der Waals surface area contributed by atoms with Crippen molar-refractivity contribution in [3.05, 3.63) is 21.9 Å². The van der Waals surface area contributed by atoms with Gasteiger partial charge >= 0.3 is 0 Å². The van der Waals surface area contributed by atoms with Crippen molar-refractivity contribution in [1.29, 1.82) is 0 Å². The van der Waals surface area contributed by atoms with Crippen molar-refractivity contribution >= 4 is 17.2 Å². The van der Waals surface area contributed by atoms with Gasteiger partial charge in [0.1, 0.15) is 6.04 Å². The zero-order valence-electron chi connectivity index (χ0n) is 9.82. The lowest BCUT2D eigenvalue weighted by molar-refractivity contribution is -0.121. The first-order valence-corrected chi connectivity index (χ1v) is 6.02. The quantitative estimate of drug-likeness (QED) is 0.788. The van der Waals surface area contributed by atoms with Gasteiger partial charge in [-0.3, -0.25) is 10.1 Å². The predicted octanol–water partition coefficient (Wildman–Crippen LogP) is 1.21. The van der Waals surface area contributed by atoms with Gasteiger partial charge in [0.05, 0.1) is 6.61 Å². The number of nitrogens with one attached hydrogen (secondary N) is 1. The van der Waals surface area contributed by atoms with Crippen LogP contribution in [0.15, 0.2) is 11.4 Å². The highest BCUT2D eigenvalue weighted by Crippen LogP contribution is 2.23. The first-order valence-electron chi connectivity index (χ1n) is 5.14. The normalized spacial score (nSPS) is 14.7. The monoisotopic (exact) mass is 242 g/mol. The SMILES string of the molecule is COCC(NC(C)c1sccc1C)C(N)=O. The second kappa shape index (κ2) is 5.98. The summed E-state index contributed by atoms with van der Waals surface area (Å²) in [5.74, 6) is -0.386. The van der Waals surface area contributed by atoms with Crippen LogP contribution in [0.4, 0.5) is 0 Å². The summed E-state index contributed by atoms with van der Waals surface area (Å²) >= 11 is 1.67. The summed E-state index contributed by atoms with van der Waals surface area (Å²) in [7, 11) is 1.55. The van der Waals surface area contributed by atoms with Crippen molar-refractivity contribution in [2.75, 3.05) is 13.7 Å². The van der Waals surface area contributed by atoms with Crippen LogP contribution in [-0.4, -0.2) is 25.7 Å². The summed E-state index contributed by atoms with van der Waals surface area (Å²) in [6.45, 7) is 4.37. The summed E-state index contributed by atoms with van der Waals surface area (Å²) in [6, 6.07) is 1.72. The minimum atomic E-state index is -0.443. The van der Waals surface area contributed by atoms with Crippen LogP contribution >= 0.6 is 11.3 Å². The van der Waals surface area contributed by atoms with E-state index in [1.165, 1.54) is 10.4 Å². The van der Waals surface area contributed by atoms with Crippen molar-refractivity contribution in [1.82, 2.24) is 5.32 Å². The number of hydrogen-bond acceptors (Lipinski definition) is 4. The van der Waals surface area contributed by atoms with Crippen LogP contribution in [0.25, 0.3) is 0 Å². The molecular weight excluding hydrogens is 224 g/mol. The minimum Gasteiger partial charge on any atom is -0.383 e. The van der Waals surface area contributed by atoms with E-state index >= 15 is 0 Å². The van der Waals surface area contributed by atoms with Gasteiger partial charge in [0, 0.05) is 18.0 Å². The predicted molar refractivity (Wildman–Crippen MR) is 65.5 cm³/mol. The first-order chi connectivity index (χ1) is 7.56. The van der Waals surface area contributed by atoms with Gasteiger partial charge in [0.15, 0.2) is 0 Å². The molecule has 0 aliphatic heterocycles.